The van der Waals surface area contributed by atoms with Crippen LogP contribution in [-0.4, -0.2) is 19.8 Å². The van der Waals surface area contributed by atoms with Crippen LogP contribution in [0.5, 0.6) is 0 Å². The summed E-state index contributed by atoms with van der Waals surface area (Å²) in [5.41, 5.74) is 8.99. The van der Waals surface area contributed by atoms with Crippen LogP contribution in [0.1, 0.15) is 24.5 Å². The normalized spacial score (nSPS) is 10.6. The lowest BCUT2D eigenvalue weighted by molar-refractivity contribution is 0.144. The van der Waals surface area contributed by atoms with E-state index in [0.717, 1.165) is 32.7 Å². The first-order chi connectivity index (χ1) is 7.83. The number of rotatable bonds is 8. The van der Waals surface area contributed by atoms with Gasteiger partial charge in [0.25, 0.3) is 0 Å². The van der Waals surface area contributed by atoms with Crippen molar-refractivity contribution in [1.29, 1.82) is 0 Å². The van der Waals surface area contributed by atoms with E-state index >= 15 is 0 Å². The smallest absolute Gasteiger partial charge is 0.0478 e. The molecule has 0 aliphatic carbocycles. The molecule has 16 heavy (non-hydrogen) atoms. The zero-order valence-corrected chi connectivity index (χ0v) is 10.3. The zero-order chi connectivity index (χ0) is 11.6. The molecular formula is C13H22N2O. The maximum atomic E-state index is 5.25. The number of ether oxygens (including phenoxy) is 1. The summed E-state index contributed by atoms with van der Waals surface area (Å²) in [5, 5.41) is 0. The van der Waals surface area contributed by atoms with Crippen LogP contribution in [-0.2, 0) is 11.3 Å². The quantitative estimate of drug-likeness (QED) is 0.521. The molecule has 0 unspecified atom stereocenters. The van der Waals surface area contributed by atoms with Gasteiger partial charge >= 0.3 is 0 Å². The molecule has 0 aliphatic heterocycles. The first-order valence-electron chi connectivity index (χ1n) is 5.92. The number of hydrogen-bond acceptors (Lipinski definition) is 3. The number of aryl methyl sites for hydroxylation is 1. The minimum absolute atomic E-state index is 0.802. The Bertz CT molecular complexity index is 289. The summed E-state index contributed by atoms with van der Waals surface area (Å²) < 4.78 is 5.25. The second kappa shape index (κ2) is 8.28. The first-order valence-corrected chi connectivity index (χ1v) is 5.92. The van der Waals surface area contributed by atoms with E-state index in [9.17, 15) is 0 Å². The second-order valence-corrected chi connectivity index (χ2v) is 3.82. The third-order valence-electron chi connectivity index (χ3n) is 2.29. The average molecular weight is 222 g/mol. The van der Waals surface area contributed by atoms with Crippen LogP contribution in [0.3, 0.4) is 0 Å². The van der Waals surface area contributed by atoms with E-state index in [4.69, 9.17) is 4.74 Å². The summed E-state index contributed by atoms with van der Waals surface area (Å²) >= 11 is 0. The van der Waals surface area contributed by atoms with E-state index in [2.05, 4.69) is 42.0 Å². The summed E-state index contributed by atoms with van der Waals surface area (Å²) in [5.74, 6) is 0. The molecule has 3 nitrogen and oxygen atoms in total. The minimum atomic E-state index is 0.802. The summed E-state index contributed by atoms with van der Waals surface area (Å²) in [7, 11) is 0. The molecule has 1 aromatic rings. The van der Waals surface area contributed by atoms with Gasteiger partial charge in [0, 0.05) is 26.3 Å². The van der Waals surface area contributed by atoms with Gasteiger partial charge in [0.15, 0.2) is 0 Å². The molecule has 0 radical (unpaired) electrons. The maximum Gasteiger partial charge on any atom is 0.0478 e. The van der Waals surface area contributed by atoms with E-state index in [1.807, 2.05) is 6.92 Å². The molecule has 0 heterocycles. The van der Waals surface area contributed by atoms with Gasteiger partial charge in [0.1, 0.15) is 0 Å². The highest BCUT2D eigenvalue weighted by Crippen LogP contribution is 2.02. The third-order valence-corrected chi connectivity index (χ3v) is 2.29. The van der Waals surface area contributed by atoms with Gasteiger partial charge in [0.2, 0.25) is 0 Å². The second-order valence-electron chi connectivity index (χ2n) is 3.82. The molecule has 0 saturated heterocycles. The lowest BCUT2D eigenvalue weighted by Crippen LogP contribution is -2.32. The molecule has 0 aromatic heterocycles. The average Bonchev–Trinajstić information content (AvgIpc) is 2.28. The Morgan fingerprint density at radius 3 is 2.88 bits per heavy atom. The Morgan fingerprint density at radius 1 is 1.25 bits per heavy atom. The fourth-order valence-corrected chi connectivity index (χ4v) is 1.48. The number of hydrogen-bond donors (Lipinski definition) is 2. The summed E-state index contributed by atoms with van der Waals surface area (Å²) in [6.07, 6.45) is 1.04. The van der Waals surface area contributed by atoms with Crippen molar-refractivity contribution in [3.05, 3.63) is 35.4 Å². The number of nitrogens with one attached hydrogen (secondary N) is 2. The lowest BCUT2D eigenvalue weighted by Gasteiger charge is -2.07. The van der Waals surface area contributed by atoms with Gasteiger partial charge in [-0.05, 0) is 25.8 Å². The van der Waals surface area contributed by atoms with Gasteiger partial charge in [0.05, 0.1) is 0 Å². The zero-order valence-electron chi connectivity index (χ0n) is 10.3. The van der Waals surface area contributed by atoms with Crippen LogP contribution in [0.2, 0.25) is 0 Å². The van der Waals surface area contributed by atoms with Crippen molar-refractivity contribution in [3.8, 4) is 0 Å². The summed E-state index contributed by atoms with van der Waals surface area (Å²) in [6, 6.07) is 8.51. The molecule has 90 valence electrons. The predicted octanol–water partition coefficient (Wildman–Crippen LogP) is 2.02. The molecule has 1 aromatic carbocycles. The van der Waals surface area contributed by atoms with Crippen molar-refractivity contribution in [2.75, 3.05) is 19.8 Å². The first kappa shape index (κ1) is 13.2. The molecule has 3 heteroatoms. The van der Waals surface area contributed by atoms with Crippen LogP contribution in [0.4, 0.5) is 0 Å². The van der Waals surface area contributed by atoms with Crippen molar-refractivity contribution in [2.24, 2.45) is 0 Å². The van der Waals surface area contributed by atoms with Crippen molar-refractivity contribution in [3.63, 3.8) is 0 Å². The number of hydrazine groups is 1. The largest absolute Gasteiger partial charge is 0.382 e. The Kier molecular flexibility index (Phi) is 6.81. The van der Waals surface area contributed by atoms with Crippen molar-refractivity contribution >= 4 is 0 Å². The minimum Gasteiger partial charge on any atom is -0.382 e. The third kappa shape index (κ3) is 5.85. The maximum absolute atomic E-state index is 5.25. The van der Waals surface area contributed by atoms with Crippen LogP contribution < -0.4 is 10.9 Å². The van der Waals surface area contributed by atoms with E-state index in [0.29, 0.717) is 0 Å². The van der Waals surface area contributed by atoms with E-state index in [1.54, 1.807) is 0 Å². The molecule has 0 saturated carbocycles. The SMILES string of the molecule is CCOCCCNNCc1cccc(C)c1. The van der Waals surface area contributed by atoms with Crippen LogP contribution >= 0.6 is 0 Å². The molecule has 0 aliphatic rings. The van der Waals surface area contributed by atoms with E-state index in [1.165, 1.54) is 11.1 Å². The molecule has 2 N–H and O–H groups in total. The molecule has 0 amide bonds. The van der Waals surface area contributed by atoms with Gasteiger partial charge in [-0.15, -0.1) is 0 Å². The van der Waals surface area contributed by atoms with Gasteiger partial charge in [-0.2, -0.15) is 0 Å². The summed E-state index contributed by atoms with van der Waals surface area (Å²) in [6.45, 7) is 7.55. The van der Waals surface area contributed by atoms with Gasteiger partial charge in [-0.3, -0.25) is 10.9 Å². The van der Waals surface area contributed by atoms with Gasteiger partial charge < -0.3 is 4.74 Å². The molecule has 1 rings (SSSR count). The lowest BCUT2D eigenvalue weighted by atomic mass is 10.1. The molecule has 0 bridgehead atoms. The Balaban J connectivity index is 2.03. The van der Waals surface area contributed by atoms with Crippen molar-refractivity contribution in [1.82, 2.24) is 10.9 Å². The monoisotopic (exact) mass is 222 g/mol. The fraction of sp³-hybridized carbons (Fsp3) is 0.538. The van der Waals surface area contributed by atoms with Crippen LogP contribution in [0.15, 0.2) is 24.3 Å². The van der Waals surface area contributed by atoms with Crippen molar-refractivity contribution in [2.45, 2.75) is 26.8 Å². The van der Waals surface area contributed by atoms with Crippen LogP contribution in [0.25, 0.3) is 0 Å². The highest BCUT2D eigenvalue weighted by molar-refractivity contribution is 5.21. The standard InChI is InChI=1S/C13H22N2O/c1-3-16-9-5-8-14-15-11-13-7-4-6-12(2)10-13/h4,6-7,10,14-15H,3,5,8-9,11H2,1-2H3. The van der Waals surface area contributed by atoms with E-state index < -0.39 is 0 Å². The molecule has 0 atom stereocenters. The van der Waals surface area contributed by atoms with Gasteiger partial charge in [-0.25, -0.2) is 0 Å². The number of benzene rings is 1. The predicted molar refractivity (Wildman–Crippen MR) is 67.1 cm³/mol. The highest BCUT2D eigenvalue weighted by atomic mass is 16.5. The van der Waals surface area contributed by atoms with Crippen molar-refractivity contribution < 1.29 is 4.74 Å². The van der Waals surface area contributed by atoms with Crippen LogP contribution in [0, 0.1) is 6.92 Å². The Labute approximate surface area is 98.2 Å². The Morgan fingerprint density at radius 2 is 2.12 bits per heavy atom. The van der Waals surface area contributed by atoms with Gasteiger partial charge in [-0.1, -0.05) is 29.8 Å². The topological polar surface area (TPSA) is 33.3 Å². The molecular weight excluding hydrogens is 200 g/mol. The fourth-order valence-electron chi connectivity index (χ4n) is 1.48. The summed E-state index contributed by atoms with van der Waals surface area (Å²) in [4.78, 5) is 0. The molecule has 0 spiro atoms. The van der Waals surface area contributed by atoms with E-state index in [-0.39, 0.29) is 0 Å². The Hall–Kier alpha value is -0.900. The molecule has 0 fully saturated rings. The highest BCUT2D eigenvalue weighted by Gasteiger charge is 1.92.